The number of fused-ring (bicyclic) bond motifs is 1. The number of carbonyl (C=O) groups excluding carboxylic acids is 1. The lowest BCUT2D eigenvalue weighted by Crippen LogP contribution is -2.26. The molecule has 132 valence electrons. The number of rotatable bonds is 3. The first-order valence-electron chi connectivity index (χ1n) is 8.28. The first-order valence-corrected chi connectivity index (χ1v) is 9.36. The topological polar surface area (TPSA) is 64.0 Å². The number of anilines is 1. The molecule has 0 spiro atoms. The maximum Gasteiger partial charge on any atom is 0.279 e. The molecule has 3 aromatic carbocycles. The standard InChI is InChI=1S/C21H14IN3O2/c22-14-10-12-15(13-11-14)23-20(26)19-17-8-4-5-9-18(17)21(27)25(24-19)16-6-2-1-3-7-16/h1-13H,(H,23,26). The molecule has 0 radical (unpaired) electrons. The number of aromatic nitrogens is 2. The van der Waals surface area contributed by atoms with Gasteiger partial charge in [-0.25, -0.2) is 0 Å². The van der Waals surface area contributed by atoms with Crippen molar-refractivity contribution in [1.82, 2.24) is 9.78 Å². The molecule has 0 aliphatic rings. The van der Waals surface area contributed by atoms with Crippen LogP contribution in [-0.4, -0.2) is 15.7 Å². The highest BCUT2D eigenvalue weighted by Gasteiger charge is 2.17. The highest BCUT2D eigenvalue weighted by atomic mass is 127. The smallest absolute Gasteiger partial charge is 0.279 e. The lowest BCUT2D eigenvalue weighted by Gasteiger charge is -2.11. The van der Waals surface area contributed by atoms with Crippen molar-refractivity contribution in [2.24, 2.45) is 0 Å². The van der Waals surface area contributed by atoms with E-state index in [1.54, 1.807) is 36.4 Å². The summed E-state index contributed by atoms with van der Waals surface area (Å²) in [7, 11) is 0. The number of nitrogens with zero attached hydrogens (tertiary/aromatic N) is 2. The van der Waals surface area contributed by atoms with Crippen molar-refractivity contribution in [3.8, 4) is 5.69 Å². The molecule has 1 heterocycles. The molecule has 0 saturated carbocycles. The zero-order valence-corrected chi connectivity index (χ0v) is 16.3. The number of amides is 1. The highest BCUT2D eigenvalue weighted by molar-refractivity contribution is 14.1. The predicted molar refractivity (Wildman–Crippen MR) is 114 cm³/mol. The second-order valence-corrected chi connectivity index (χ2v) is 7.15. The predicted octanol–water partition coefficient (Wildman–Crippen LogP) is 4.24. The molecule has 5 nitrogen and oxygen atoms in total. The van der Waals surface area contributed by atoms with Crippen molar-refractivity contribution in [2.45, 2.75) is 0 Å². The average Bonchev–Trinajstić information content (AvgIpc) is 2.71. The molecular formula is C21H14IN3O2. The Kier molecular flexibility index (Phi) is 4.72. The minimum atomic E-state index is -0.364. The number of hydrogen-bond acceptors (Lipinski definition) is 3. The van der Waals surface area contributed by atoms with Gasteiger partial charge >= 0.3 is 0 Å². The molecule has 0 saturated heterocycles. The maximum absolute atomic E-state index is 12.9. The van der Waals surface area contributed by atoms with Crippen LogP contribution in [-0.2, 0) is 0 Å². The van der Waals surface area contributed by atoms with Crippen molar-refractivity contribution in [2.75, 3.05) is 5.32 Å². The van der Waals surface area contributed by atoms with E-state index in [2.05, 4.69) is 33.0 Å². The van der Waals surface area contributed by atoms with Crippen molar-refractivity contribution < 1.29 is 4.79 Å². The molecular weight excluding hydrogens is 453 g/mol. The van der Waals surface area contributed by atoms with Gasteiger partial charge in [0, 0.05) is 14.6 Å². The first kappa shape index (κ1) is 17.4. The minimum absolute atomic E-state index is 0.201. The molecule has 0 atom stereocenters. The lowest BCUT2D eigenvalue weighted by atomic mass is 10.1. The van der Waals surface area contributed by atoms with Crippen molar-refractivity contribution >= 4 is 45.0 Å². The van der Waals surface area contributed by atoms with Gasteiger partial charge in [0.2, 0.25) is 0 Å². The largest absolute Gasteiger partial charge is 0.321 e. The second-order valence-electron chi connectivity index (χ2n) is 5.91. The Morgan fingerprint density at radius 2 is 1.48 bits per heavy atom. The summed E-state index contributed by atoms with van der Waals surface area (Å²) < 4.78 is 2.34. The molecule has 4 rings (SSSR count). The van der Waals surface area contributed by atoms with Gasteiger partial charge < -0.3 is 5.32 Å². The maximum atomic E-state index is 12.9. The van der Waals surface area contributed by atoms with Crippen LogP contribution < -0.4 is 10.9 Å². The Bertz CT molecular complexity index is 1190. The van der Waals surface area contributed by atoms with Gasteiger partial charge in [-0.3, -0.25) is 9.59 Å². The van der Waals surface area contributed by atoms with E-state index in [1.165, 1.54) is 4.68 Å². The SMILES string of the molecule is O=C(Nc1ccc(I)cc1)c1nn(-c2ccccc2)c(=O)c2ccccc12. The van der Waals surface area contributed by atoms with Crippen molar-refractivity contribution in [1.29, 1.82) is 0 Å². The van der Waals surface area contributed by atoms with Gasteiger partial charge in [0.1, 0.15) is 0 Å². The molecule has 6 heteroatoms. The number of benzene rings is 3. The number of carbonyl (C=O) groups is 1. The summed E-state index contributed by atoms with van der Waals surface area (Å²) in [5.41, 5.74) is 1.22. The molecule has 0 bridgehead atoms. The van der Waals surface area contributed by atoms with Gasteiger partial charge in [-0.2, -0.15) is 9.78 Å². The number of para-hydroxylation sites is 1. The number of halogens is 1. The van der Waals surface area contributed by atoms with Gasteiger partial charge in [0.05, 0.1) is 11.1 Å². The van der Waals surface area contributed by atoms with E-state index in [-0.39, 0.29) is 17.2 Å². The molecule has 0 fully saturated rings. The van der Waals surface area contributed by atoms with E-state index < -0.39 is 0 Å². The van der Waals surface area contributed by atoms with Gasteiger partial charge in [-0.05, 0) is 65.1 Å². The van der Waals surface area contributed by atoms with E-state index in [0.717, 1.165) is 3.57 Å². The van der Waals surface area contributed by atoms with E-state index in [9.17, 15) is 9.59 Å². The summed E-state index contributed by atoms with van der Waals surface area (Å²) in [6.45, 7) is 0. The van der Waals surface area contributed by atoms with Crippen LogP contribution in [0.25, 0.3) is 16.5 Å². The Hall–Kier alpha value is -3.00. The second kappa shape index (κ2) is 7.32. The third-order valence-corrected chi connectivity index (χ3v) is 4.84. The average molecular weight is 467 g/mol. The van der Waals surface area contributed by atoms with Crippen LogP contribution in [0.4, 0.5) is 5.69 Å². The van der Waals surface area contributed by atoms with Crippen LogP contribution in [0.15, 0.2) is 83.7 Å². The monoisotopic (exact) mass is 467 g/mol. The summed E-state index contributed by atoms with van der Waals surface area (Å²) in [6.07, 6.45) is 0. The normalized spacial score (nSPS) is 10.7. The third-order valence-electron chi connectivity index (χ3n) is 4.12. The minimum Gasteiger partial charge on any atom is -0.321 e. The van der Waals surface area contributed by atoms with Crippen LogP contribution in [0, 0.1) is 3.57 Å². The van der Waals surface area contributed by atoms with Crippen LogP contribution in [0.3, 0.4) is 0 Å². The number of hydrogen-bond donors (Lipinski definition) is 1. The van der Waals surface area contributed by atoms with Crippen LogP contribution in [0.1, 0.15) is 10.5 Å². The molecule has 0 aliphatic carbocycles. The summed E-state index contributed by atoms with van der Waals surface area (Å²) in [5, 5.41) is 8.20. The summed E-state index contributed by atoms with van der Waals surface area (Å²) in [4.78, 5) is 25.8. The molecule has 1 amide bonds. The summed E-state index contributed by atoms with van der Waals surface area (Å²) in [6, 6.07) is 23.6. The summed E-state index contributed by atoms with van der Waals surface area (Å²) in [5.74, 6) is -0.364. The number of nitrogens with one attached hydrogen (secondary N) is 1. The zero-order valence-electron chi connectivity index (χ0n) is 14.1. The van der Waals surface area contributed by atoms with Crippen molar-refractivity contribution in [3.63, 3.8) is 0 Å². The molecule has 27 heavy (non-hydrogen) atoms. The van der Waals surface area contributed by atoms with Gasteiger partial charge in [-0.15, -0.1) is 0 Å². The molecule has 1 aromatic heterocycles. The Morgan fingerprint density at radius 3 is 2.19 bits per heavy atom. The van der Waals surface area contributed by atoms with Crippen LogP contribution >= 0.6 is 22.6 Å². The fourth-order valence-electron chi connectivity index (χ4n) is 2.82. The zero-order chi connectivity index (χ0) is 18.8. The van der Waals surface area contributed by atoms with Crippen molar-refractivity contribution in [3.05, 3.63) is 98.5 Å². The quantitative estimate of drug-likeness (QED) is 0.459. The van der Waals surface area contributed by atoms with Gasteiger partial charge in [0.15, 0.2) is 5.69 Å². The van der Waals surface area contributed by atoms with Crippen LogP contribution in [0.2, 0.25) is 0 Å². The summed E-state index contributed by atoms with van der Waals surface area (Å²) >= 11 is 2.20. The Labute approximate surface area is 168 Å². The van der Waals surface area contributed by atoms with E-state index >= 15 is 0 Å². The first-order chi connectivity index (χ1) is 13.1. The molecule has 4 aromatic rings. The Balaban J connectivity index is 1.86. The van der Waals surface area contributed by atoms with E-state index in [1.807, 2.05) is 42.5 Å². The van der Waals surface area contributed by atoms with Crippen LogP contribution in [0.5, 0.6) is 0 Å². The van der Waals surface area contributed by atoms with E-state index in [4.69, 9.17) is 0 Å². The highest BCUT2D eigenvalue weighted by Crippen LogP contribution is 2.18. The fraction of sp³-hybridized carbons (Fsp3) is 0. The van der Waals surface area contributed by atoms with E-state index in [0.29, 0.717) is 22.1 Å². The lowest BCUT2D eigenvalue weighted by molar-refractivity contribution is 0.102. The van der Waals surface area contributed by atoms with Gasteiger partial charge in [-0.1, -0.05) is 36.4 Å². The fourth-order valence-corrected chi connectivity index (χ4v) is 3.18. The van der Waals surface area contributed by atoms with Gasteiger partial charge in [0.25, 0.3) is 11.5 Å². The molecule has 0 unspecified atom stereocenters. The molecule has 0 aliphatic heterocycles. The third kappa shape index (κ3) is 3.48. The Morgan fingerprint density at radius 1 is 0.852 bits per heavy atom. The molecule has 1 N–H and O–H groups in total.